The zero-order valence-electron chi connectivity index (χ0n) is 16.4. The van der Waals surface area contributed by atoms with Crippen LogP contribution in [-0.4, -0.2) is 58.8 Å². The van der Waals surface area contributed by atoms with Crippen LogP contribution in [0.3, 0.4) is 0 Å². The third-order valence-electron chi connectivity index (χ3n) is 4.69. The van der Waals surface area contributed by atoms with Crippen LogP contribution in [0.5, 0.6) is 0 Å². The number of furan rings is 1. The van der Waals surface area contributed by atoms with E-state index in [9.17, 15) is 0 Å². The molecule has 3 heterocycles. The van der Waals surface area contributed by atoms with E-state index >= 15 is 0 Å². The lowest BCUT2D eigenvalue weighted by Gasteiger charge is -2.37. The summed E-state index contributed by atoms with van der Waals surface area (Å²) in [4.78, 5) is 13.9. The van der Waals surface area contributed by atoms with Crippen molar-refractivity contribution in [3.8, 4) is 11.6 Å². The number of halogens is 1. The number of aromatic nitrogens is 3. The zero-order valence-corrected chi connectivity index (χ0v) is 18.7. The molecule has 3 aromatic rings. The molecule has 29 heavy (non-hydrogen) atoms. The van der Waals surface area contributed by atoms with E-state index in [-0.39, 0.29) is 24.0 Å². The van der Waals surface area contributed by atoms with Crippen LogP contribution in [0.25, 0.3) is 11.6 Å². The molecular formula is C20H26IN7O. The Morgan fingerprint density at radius 1 is 1.14 bits per heavy atom. The van der Waals surface area contributed by atoms with Gasteiger partial charge in [0.05, 0.1) is 6.26 Å². The third kappa shape index (κ3) is 5.28. The van der Waals surface area contributed by atoms with Crippen LogP contribution >= 0.6 is 24.0 Å². The average molecular weight is 507 g/mol. The fraction of sp³-hybridized carbons (Fsp3) is 0.350. The quantitative estimate of drug-likeness (QED) is 0.314. The Morgan fingerprint density at radius 3 is 2.62 bits per heavy atom. The first-order valence-electron chi connectivity index (χ1n) is 9.62. The van der Waals surface area contributed by atoms with Gasteiger partial charge in [0.25, 0.3) is 0 Å². The van der Waals surface area contributed by atoms with Crippen LogP contribution in [0.15, 0.2) is 58.1 Å². The molecule has 0 spiro atoms. The lowest BCUT2D eigenvalue weighted by molar-refractivity contribution is 0.372. The van der Waals surface area contributed by atoms with Crippen molar-refractivity contribution in [1.82, 2.24) is 25.4 Å². The van der Waals surface area contributed by atoms with Crippen molar-refractivity contribution in [3.63, 3.8) is 0 Å². The molecule has 1 aliphatic rings. The highest BCUT2D eigenvalue weighted by atomic mass is 127. The summed E-state index contributed by atoms with van der Waals surface area (Å²) in [6.45, 7) is 7.14. The molecule has 1 aromatic carbocycles. The summed E-state index contributed by atoms with van der Waals surface area (Å²) in [6.07, 6.45) is 1.61. The Bertz CT molecular complexity index is 887. The maximum absolute atomic E-state index is 5.33. The minimum atomic E-state index is 0. The SMILES string of the molecule is CCNC(=NCc1nc(-c2ccco2)n[nH]1)N1CCN(c2ccccc2)CC1.I. The van der Waals surface area contributed by atoms with E-state index in [2.05, 4.69) is 67.6 Å². The highest BCUT2D eigenvalue weighted by Crippen LogP contribution is 2.16. The lowest BCUT2D eigenvalue weighted by Crippen LogP contribution is -2.52. The fourth-order valence-electron chi connectivity index (χ4n) is 3.27. The van der Waals surface area contributed by atoms with Gasteiger partial charge in [-0.25, -0.2) is 9.98 Å². The van der Waals surface area contributed by atoms with Crippen molar-refractivity contribution in [2.45, 2.75) is 13.5 Å². The molecule has 8 nitrogen and oxygen atoms in total. The summed E-state index contributed by atoms with van der Waals surface area (Å²) >= 11 is 0. The molecule has 154 valence electrons. The number of hydrogen-bond donors (Lipinski definition) is 2. The maximum Gasteiger partial charge on any atom is 0.216 e. The molecule has 2 aromatic heterocycles. The molecule has 1 fully saturated rings. The second-order valence-corrected chi connectivity index (χ2v) is 6.56. The standard InChI is InChI=1S/C20H25N7O.HI/c1-2-21-20(22-15-18-23-19(25-24-18)17-9-6-14-28-17)27-12-10-26(11-13-27)16-7-4-3-5-8-16;/h3-9,14H,2,10-13,15H2,1H3,(H,21,22)(H,23,24,25);1H. The number of benzene rings is 1. The fourth-order valence-corrected chi connectivity index (χ4v) is 3.27. The number of nitrogens with one attached hydrogen (secondary N) is 2. The minimum Gasteiger partial charge on any atom is -0.461 e. The summed E-state index contributed by atoms with van der Waals surface area (Å²) in [6, 6.07) is 14.2. The Hall–Kier alpha value is -2.56. The van der Waals surface area contributed by atoms with E-state index in [1.165, 1.54) is 5.69 Å². The van der Waals surface area contributed by atoms with Crippen molar-refractivity contribution in [1.29, 1.82) is 0 Å². The van der Waals surface area contributed by atoms with Gasteiger partial charge in [-0.3, -0.25) is 5.10 Å². The highest BCUT2D eigenvalue weighted by Gasteiger charge is 2.20. The molecule has 0 radical (unpaired) electrons. The van der Waals surface area contributed by atoms with Gasteiger partial charge in [-0.1, -0.05) is 18.2 Å². The summed E-state index contributed by atoms with van der Waals surface area (Å²) < 4.78 is 5.33. The van der Waals surface area contributed by atoms with Crippen LogP contribution in [0.4, 0.5) is 5.69 Å². The van der Waals surface area contributed by atoms with Gasteiger partial charge in [0.2, 0.25) is 5.82 Å². The largest absolute Gasteiger partial charge is 0.461 e. The van der Waals surface area contributed by atoms with Crippen LogP contribution in [0, 0.1) is 0 Å². The Kier molecular flexibility index (Phi) is 7.50. The van der Waals surface area contributed by atoms with Gasteiger partial charge in [0.15, 0.2) is 11.7 Å². The van der Waals surface area contributed by atoms with E-state index in [0.29, 0.717) is 24.0 Å². The molecule has 1 aliphatic heterocycles. The molecule has 0 aliphatic carbocycles. The third-order valence-corrected chi connectivity index (χ3v) is 4.69. The van der Waals surface area contributed by atoms with E-state index in [1.54, 1.807) is 6.26 Å². The van der Waals surface area contributed by atoms with E-state index in [1.807, 2.05) is 12.1 Å². The van der Waals surface area contributed by atoms with Gasteiger partial charge >= 0.3 is 0 Å². The normalized spacial score (nSPS) is 14.6. The van der Waals surface area contributed by atoms with E-state index in [4.69, 9.17) is 9.41 Å². The van der Waals surface area contributed by atoms with Crippen molar-refractivity contribution >= 4 is 35.6 Å². The van der Waals surface area contributed by atoms with E-state index in [0.717, 1.165) is 38.7 Å². The minimum absolute atomic E-state index is 0. The molecular weight excluding hydrogens is 481 g/mol. The predicted octanol–water partition coefficient (Wildman–Crippen LogP) is 2.97. The molecule has 2 N–H and O–H groups in total. The number of H-pyrrole nitrogens is 1. The summed E-state index contributed by atoms with van der Waals surface area (Å²) in [5, 5.41) is 10.5. The first-order valence-corrected chi connectivity index (χ1v) is 9.62. The molecule has 0 bridgehead atoms. The predicted molar refractivity (Wildman–Crippen MR) is 125 cm³/mol. The second kappa shape index (κ2) is 10.3. The number of para-hydroxylation sites is 1. The van der Waals surface area contributed by atoms with Gasteiger partial charge in [-0.05, 0) is 31.2 Å². The van der Waals surface area contributed by atoms with Crippen LogP contribution < -0.4 is 10.2 Å². The highest BCUT2D eigenvalue weighted by molar-refractivity contribution is 14.0. The van der Waals surface area contributed by atoms with Gasteiger partial charge in [-0.2, -0.15) is 0 Å². The maximum atomic E-state index is 5.33. The van der Waals surface area contributed by atoms with Crippen LogP contribution in [-0.2, 0) is 6.54 Å². The topological polar surface area (TPSA) is 85.6 Å². The van der Waals surface area contributed by atoms with Crippen LogP contribution in [0.1, 0.15) is 12.7 Å². The number of hydrogen-bond acceptors (Lipinski definition) is 5. The van der Waals surface area contributed by atoms with Crippen molar-refractivity contribution in [3.05, 3.63) is 54.6 Å². The number of anilines is 1. The van der Waals surface area contributed by atoms with Gasteiger partial charge < -0.3 is 19.5 Å². The molecule has 0 amide bonds. The smallest absolute Gasteiger partial charge is 0.216 e. The van der Waals surface area contributed by atoms with Gasteiger partial charge in [-0.15, -0.1) is 29.1 Å². The number of guanidine groups is 1. The Labute approximate surface area is 187 Å². The van der Waals surface area contributed by atoms with E-state index < -0.39 is 0 Å². The number of aliphatic imine (C=N–C) groups is 1. The second-order valence-electron chi connectivity index (χ2n) is 6.56. The molecule has 9 heteroatoms. The van der Waals surface area contributed by atoms with Crippen molar-refractivity contribution in [2.24, 2.45) is 4.99 Å². The number of piperazine rings is 1. The number of aromatic amines is 1. The first kappa shape index (κ1) is 21.2. The summed E-state index contributed by atoms with van der Waals surface area (Å²) in [5.74, 6) is 2.82. The first-order chi connectivity index (χ1) is 13.8. The molecule has 1 saturated heterocycles. The monoisotopic (exact) mass is 507 g/mol. The van der Waals surface area contributed by atoms with Gasteiger partial charge in [0.1, 0.15) is 12.4 Å². The zero-order chi connectivity index (χ0) is 19.2. The number of nitrogens with zero attached hydrogens (tertiary/aromatic N) is 5. The van der Waals surface area contributed by atoms with Crippen LogP contribution in [0.2, 0.25) is 0 Å². The number of rotatable bonds is 5. The Morgan fingerprint density at radius 2 is 1.93 bits per heavy atom. The van der Waals surface area contributed by atoms with Crippen molar-refractivity contribution in [2.75, 3.05) is 37.6 Å². The summed E-state index contributed by atoms with van der Waals surface area (Å²) in [7, 11) is 0. The summed E-state index contributed by atoms with van der Waals surface area (Å²) in [5.41, 5.74) is 1.27. The molecule has 4 rings (SSSR count). The lowest BCUT2D eigenvalue weighted by atomic mass is 10.2. The molecule has 0 saturated carbocycles. The molecule has 0 atom stereocenters. The molecule has 0 unspecified atom stereocenters. The van der Waals surface area contributed by atoms with Crippen molar-refractivity contribution < 1.29 is 4.42 Å². The Balaban J connectivity index is 0.00000240. The average Bonchev–Trinajstić information content (AvgIpc) is 3.44. The van der Waals surface area contributed by atoms with Gasteiger partial charge in [0, 0.05) is 38.4 Å².